The lowest BCUT2D eigenvalue weighted by molar-refractivity contribution is 0.627. The third-order valence-electron chi connectivity index (χ3n) is 1.93. The van der Waals surface area contributed by atoms with Crippen LogP contribution in [0.5, 0.6) is 0 Å². The Balaban J connectivity index is 2.55. The number of hydrogen-bond donors (Lipinski definition) is 0. The van der Waals surface area contributed by atoms with Gasteiger partial charge in [-0.1, -0.05) is 12.1 Å². The first-order valence-electron chi connectivity index (χ1n) is 5.08. The van der Waals surface area contributed by atoms with Gasteiger partial charge in [-0.3, -0.25) is 0 Å². The van der Waals surface area contributed by atoms with Gasteiger partial charge in [-0.05, 0) is 38.5 Å². The highest BCUT2D eigenvalue weighted by Gasteiger charge is 2.17. The topological polar surface area (TPSA) is 29.4 Å². The standard InChI is InChI=1S/C12H16FNOS/c1-12(2,3)16(15)14-9-8-10-4-6-11(13)7-5-10/h4-7,9H,8H2,1-3H3/b14-9+. The average Bonchev–Trinajstić information content (AvgIpc) is 2.19. The number of benzene rings is 1. The maximum absolute atomic E-state index is 12.6. The summed E-state index contributed by atoms with van der Waals surface area (Å²) >= 11 is 0. The molecule has 16 heavy (non-hydrogen) atoms. The lowest BCUT2D eigenvalue weighted by Crippen LogP contribution is -2.19. The molecule has 0 amide bonds. The van der Waals surface area contributed by atoms with Crippen molar-refractivity contribution >= 4 is 17.2 Å². The van der Waals surface area contributed by atoms with Gasteiger partial charge < -0.3 is 0 Å². The van der Waals surface area contributed by atoms with Crippen LogP contribution in [0.1, 0.15) is 26.3 Å². The summed E-state index contributed by atoms with van der Waals surface area (Å²) in [4.78, 5) is 0. The molecule has 2 nitrogen and oxygen atoms in total. The minimum atomic E-state index is -1.22. The maximum Gasteiger partial charge on any atom is 0.144 e. The molecule has 0 aromatic heterocycles. The van der Waals surface area contributed by atoms with Gasteiger partial charge >= 0.3 is 0 Å². The summed E-state index contributed by atoms with van der Waals surface area (Å²) in [5, 5.41) is 0. The number of nitrogens with zero attached hydrogens (tertiary/aromatic N) is 1. The van der Waals surface area contributed by atoms with E-state index in [2.05, 4.69) is 4.40 Å². The van der Waals surface area contributed by atoms with E-state index < -0.39 is 11.0 Å². The highest BCUT2D eigenvalue weighted by atomic mass is 32.2. The molecular weight excluding hydrogens is 225 g/mol. The monoisotopic (exact) mass is 241 g/mol. The third kappa shape index (κ3) is 4.23. The summed E-state index contributed by atoms with van der Waals surface area (Å²) in [6.07, 6.45) is 2.19. The molecule has 0 N–H and O–H groups in total. The van der Waals surface area contributed by atoms with Gasteiger partial charge in [-0.15, -0.1) is 0 Å². The van der Waals surface area contributed by atoms with Crippen molar-refractivity contribution < 1.29 is 8.60 Å². The highest BCUT2D eigenvalue weighted by molar-refractivity contribution is 7.85. The first kappa shape index (κ1) is 13.0. The predicted octanol–water partition coefficient (Wildman–Crippen LogP) is 2.90. The Morgan fingerprint density at radius 1 is 1.31 bits per heavy atom. The van der Waals surface area contributed by atoms with Crippen molar-refractivity contribution in [2.45, 2.75) is 31.9 Å². The smallest absolute Gasteiger partial charge is 0.144 e. The van der Waals surface area contributed by atoms with E-state index in [1.165, 1.54) is 12.1 Å². The third-order valence-corrected chi connectivity index (χ3v) is 3.32. The molecule has 0 heterocycles. The Bertz CT molecular complexity index is 392. The first-order chi connectivity index (χ1) is 7.39. The van der Waals surface area contributed by atoms with Crippen molar-refractivity contribution in [1.82, 2.24) is 0 Å². The van der Waals surface area contributed by atoms with Crippen LogP contribution in [-0.4, -0.2) is 15.2 Å². The zero-order chi connectivity index (χ0) is 12.2. The molecule has 88 valence electrons. The van der Waals surface area contributed by atoms with Gasteiger partial charge in [0.2, 0.25) is 0 Å². The van der Waals surface area contributed by atoms with Crippen LogP contribution in [0.15, 0.2) is 28.7 Å². The van der Waals surface area contributed by atoms with E-state index in [9.17, 15) is 8.60 Å². The van der Waals surface area contributed by atoms with Crippen LogP contribution < -0.4 is 0 Å². The van der Waals surface area contributed by atoms with Crippen molar-refractivity contribution in [3.05, 3.63) is 35.6 Å². The second-order valence-electron chi connectivity index (χ2n) is 4.48. The Morgan fingerprint density at radius 2 is 1.88 bits per heavy atom. The molecule has 0 aliphatic heterocycles. The maximum atomic E-state index is 12.6. The molecule has 0 radical (unpaired) electrons. The molecule has 1 rings (SSSR count). The van der Waals surface area contributed by atoms with E-state index in [-0.39, 0.29) is 10.6 Å². The lowest BCUT2D eigenvalue weighted by atomic mass is 10.2. The molecule has 0 saturated carbocycles. The Hall–Kier alpha value is -1.03. The fraction of sp³-hybridized carbons (Fsp3) is 0.417. The molecule has 0 aliphatic rings. The fourth-order valence-corrected chi connectivity index (χ4v) is 1.52. The van der Waals surface area contributed by atoms with Crippen molar-refractivity contribution in [2.75, 3.05) is 0 Å². The highest BCUT2D eigenvalue weighted by Crippen LogP contribution is 2.11. The van der Waals surface area contributed by atoms with Crippen LogP contribution in [-0.2, 0) is 17.4 Å². The summed E-state index contributed by atoms with van der Waals surface area (Å²) in [6.45, 7) is 5.62. The van der Waals surface area contributed by atoms with Gasteiger partial charge in [0.25, 0.3) is 0 Å². The van der Waals surface area contributed by atoms with Crippen molar-refractivity contribution in [3.63, 3.8) is 0 Å². The van der Waals surface area contributed by atoms with Crippen LogP contribution in [0.3, 0.4) is 0 Å². The second-order valence-corrected chi connectivity index (χ2v) is 6.41. The molecule has 0 fully saturated rings. The largest absolute Gasteiger partial charge is 0.234 e. The van der Waals surface area contributed by atoms with Crippen molar-refractivity contribution in [3.8, 4) is 0 Å². The summed E-state index contributed by atoms with van der Waals surface area (Å²) < 4.78 is 27.8. The van der Waals surface area contributed by atoms with E-state index in [0.717, 1.165) is 5.56 Å². The summed E-state index contributed by atoms with van der Waals surface area (Å²) in [5.74, 6) is -0.251. The fourth-order valence-electron chi connectivity index (χ4n) is 0.989. The Labute approximate surface area is 98.2 Å². The van der Waals surface area contributed by atoms with E-state index in [1.807, 2.05) is 20.8 Å². The van der Waals surface area contributed by atoms with Crippen LogP contribution in [0, 0.1) is 5.82 Å². The normalized spacial score (nSPS) is 14.2. The van der Waals surface area contributed by atoms with E-state index in [1.54, 1.807) is 18.3 Å². The van der Waals surface area contributed by atoms with Gasteiger partial charge in [-0.2, -0.15) is 4.40 Å². The van der Waals surface area contributed by atoms with Crippen molar-refractivity contribution in [1.29, 1.82) is 0 Å². The molecule has 1 aromatic rings. The van der Waals surface area contributed by atoms with Crippen LogP contribution in [0.25, 0.3) is 0 Å². The summed E-state index contributed by atoms with van der Waals surface area (Å²) in [7, 11) is -1.22. The van der Waals surface area contributed by atoms with Gasteiger partial charge in [0.05, 0.1) is 4.75 Å². The molecule has 0 bridgehead atoms. The average molecular weight is 241 g/mol. The van der Waals surface area contributed by atoms with Crippen molar-refractivity contribution in [2.24, 2.45) is 4.40 Å². The zero-order valence-corrected chi connectivity index (χ0v) is 10.6. The lowest BCUT2D eigenvalue weighted by Gasteiger charge is -2.12. The van der Waals surface area contributed by atoms with Crippen LogP contribution in [0.4, 0.5) is 4.39 Å². The Morgan fingerprint density at radius 3 is 2.38 bits per heavy atom. The quantitative estimate of drug-likeness (QED) is 0.748. The molecular formula is C12H16FNOS. The van der Waals surface area contributed by atoms with E-state index >= 15 is 0 Å². The van der Waals surface area contributed by atoms with Gasteiger partial charge in [0, 0.05) is 12.6 Å². The van der Waals surface area contributed by atoms with Crippen LogP contribution in [0.2, 0.25) is 0 Å². The zero-order valence-electron chi connectivity index (χ0n) is 9.74. The SMILES string of the molecule is CC(C)(C)S(=O)/N=C/Cc1ccc(F)cc1. The first-order valence-corrected chi connectivity index (χ1v) is 6.19. The molecule has 1 unspecified atom stereocenters. The molecule has 0 aliphatic carbocycles. The number of hydrogen-bond acceptors (Lipinski definition) is 1. The molecule has 1 aromatic carbocycles. The molecule has 0 saturated heterocycles. The summed E-state index contributed by atoms with van der Waals surface area (Å²) in [6, 6.07) is 6.20. The minimum Gasteiger partial charge on any atom is -0.234 e. The van der Waals surface area contributed by atoms with Crippen LogP contribution >= 0.6 is 0 Å². The number of halogens is 1. The van der Waals surface area contributed by atoms with E-state index in [0.29, 0.717) is 6.42 Å². The predicted molar refractivity (Wildman–Crippen MR) is 66.5 cm³/mol. The minimum absolute atomic E-state index is 0.251. The number of rotatable bonds is 3. The van der Waals surface area contributed by atoms with Gasteiger partial charge in [0.15, 0.2) is 0 Å². The van der Waals surface area contributed by atoms with Gasteiger partial charge in [0.1, 0.15) is 16.8 Å². The molecule has 0 spiro atoms. The summed E-state index contributed by atoms with van der Waals surface area (Å²) in [5.41, 5.74) is 0.955. The molecule has 1 atom stereocenters. The van der Waals surface area contributed by atoms with Gasteiger partial charge in [-0.25, -0.2) is 8.60 Å². The Kier molecular flexibility index (Phi) is 4.35. The molecule has 4 heteroatoms. The van der Waals surface area contributed by atoms with E-state index in [4.69, 9.17) is 0 Å². The second kappa shape index (κ2) is 5.34.